The van der Waals surface area contributed by atoms with Crippen molar-refractivity contribution in [3.63, 3.8) is 0 Å². The summed E-state index contributed by atoms with van der Waals surface area (Å²) in [6.45, 7) is 17.6. The molecule has 3 unspecified atom stereocenters. The maximum Gasteiger partial charge on any atom is 0.343 e. The number of anilines is 2. The molecule has 1 fully saturated rings. The topological polar surface area (TPSA) is 135 Å². The SMILES string of the molecule is CCCCC(=O)Nc1cc(-c2nc3n(n2)C(=Nc2cc4c(cc2C)N(C)C(C)(C)CC4C)C(C#N)=C3C(=O)OC2C(CCCC)CC(C)CC2CCCC)ccc1OC. The van der Waals surface area contributed by atoms with Crippen LogP contribution in [-0.2, 0) is 14.3 Å². The van der Waals surface area contributed by atoms with Crippen LogP contribution in [0.2, 0.25) is 0 Å². The lowest BCUT2D eigenvalue weighted by Crippen LogP contribution is -2.45. The van der Waals surface area contributed by atoms with E-state index in [0.717, 1.165) is 76.2 Å². The summed E-state index contributed by atoms with van der Waals surface area (Å²) in [7, 11) is 3.70. The molecule has 2 aromatic carbocycles. The highest BCUT2D eigenvalue weighted by molar-refractivity contribution is 6.30. The Kier molecular flexibility index (Phi) is 13.7. The fourth-order valence-electron chi connectivity index (χ4n) is 9.56. The number of methoxy groups -OCH3 is 1. The molecule has 3 aromatic rings. The first-order valence-electron chi connectivity index (χ1n) is 22.0. The fraction of sp³-hybridized carbons (Fsp3) is 0.583. The summed E-state index contributed by atoms with van der Waals surface area (Å²) in [5, 5.41) is 18.8. The Labute approximate surface area is 351 Å². The lowest BCUT2D eigenvalue weighted by atomic mass is 9.70. The van der Waals surface area contributed by atoms with Crippen LogP contribution in [-0.4, -0.2) is 58.3 Å². The van der Waals surface area contributed by atoms with Crippen molar-refractivity contribution in [3.8, 4) is 23.2 Å². The number of nitrogens with one attached hydrogen (secondary N) is 1. The molecule has 1 N–H and O–H groups in total. The quantitative estimate of drug-likeness (QED) is 0.150. The van der Waals surface area contributed by atoms with Gasteiger partial charge < -0.3 is 19.7 Å². The van der Waals surface area contributed by atoms with Gasteiger partial charge in [0.15, 0.2) is 17.5 Å². The smallest absolute Gasteiger partial charge is 0.343 e. The Bertz CT molecular complexity index is 2120. The van der Waals surface area contributed by atoms with Crippen molar-refractivity contribution in [3.05, 3.63) is 52.9 Å². The third-order valence-corrected chi connectivity index (χ3v) is 12.9. The lowest BCUT2D eigenvalue weighted by Gasteiger charge is -2.45. The second kappa shape index (κ2) is 18.5. The molecule has 59 heavy (non-hydrogen) atoms. The minimum Gasteiger partial charge on any atom is -0.495 e. The van der Waals surface area contributed by atoms with E-state index in [-0.39, 0.29) is 58.1 Å². The van der Waals surface area contributed by atoms with E-state index in [1.165, 1.54) is 15.9 Å². The zero-order valence-corrected chi connectivity index (χ0v) is 37.1. The first kappa shape index (κ1) is 43.6. The van der Waals surface area contributed by atoms with Crippen LogP contribution in [0.4, 0.5) is 17.1 Å². The Morgan fingerprint density at radius 1 is 1.02 bits per heavy atom. The van der Waals surface area contributed by atoms with Gasteiger partial charge in [0.1, 0.15) is 29.1 Å². The van der Waals surface area contributed by atoms with Gasteiger partial charge in [-0.15, -0.1) is 5.10 Å². The largest absolute Gasteiger partial charge is 0.495 e. The average molecular weight is 804 g/mol. The molecule has 3 aliphatic rings. The summed E-state index contributed by atoms with van der Waals surface area (Å²) in [4.78, 5) is 40.1. The number of aryl methyl sites for hydroxylation is 1. The molecule has 3 atom stereocenters. The molecule has 0 spiro atoms. The number of amides is 1. The molecule has 1 aliphatic carbocycles. The standard InChI is InChI=1S/C48H65N7O4/c1-11-14-17-32-22-29(4)23-33(18-15-12-2)43(32)59-47(57)42-36(28-49)45(51-37-26-35-31(6)27-48(7,8)54(9)39(35)24-30(37)5)55-46(42)52-44(53-55)34-20-21-40(58-10)38(25-34)50-41(56)19-16-13-3/h20-21,24-26,29,31-33,43H,11-19,22-23,27H2,1-10H3,(H,50,56). The molecule has 1 aromatic heterocycles. The molecule has 316 valence electrons. The van der Waals surface area contributed by atoms with Crippen LogP contribution < -0.4 is 15.0 Å². The highest BCUT2D eigenvalue weighted by Gasteiger charge is 2.43. The number of aliphatic imine (C=N–C) groups is 1. The number of rotatable bonds is 15. The number of esters is 1. The number of hydrogen-bond acceptors (Lipinski definition) is 9. The fourth-order valence-corrected chi connectivity index (χ4v) is 9.56. The number of fused-ring (bicyclic) bond motifs is 2. The molecule has 11 heteroatoms. The number of nitrogens with zero attached hydrogens (tertiary/aromatic N) is 6. The Morgan fingerprint density at radius 2 is 1.69 bits per heavy atom. The van der Waals surface area contributed by atoms with Crippen molar-refractivity contribution in [1.29, 1.82) is 5.26 Å². The number of aromatic nitrogens is 3. The van der Waals surface area contributed by atoms with Crippen molar-refractivity contribution in [1.82, 2.24) is 14.8 Å². The average Bonchev–Trinajstić information content (AvgIpc) is 3.76. The maximum absolute atomic E-state index is 14.8. The minimum absolute atomic E-state index is 0.00314. The van der Waals surface area contributed by atoms with Gasteiger partial charge in [-0.05, 0) is 124 Å². The molecule has 0 saturated heterocycles. The molecule has 2 aliphatic heterocycles. The van der Waals surface area contributed by atoms with Gasteiger partial charge in [-0.3, -0.25) is 4.79 Å². The molecular weight excluding hydrogens is 739 g/mol. The van der Waals surface area contributed by atoms with E-state index in [2.05, 4.69) is 77.0 Å². The monoisotopic (exact) mass is 804 g/mol. The van der Waals surface area contributed by atoms with Gasteiger partial charge in [-0.1, -0.05) is 66.7 Å². The van der Waals surface area contributed by atoms with Crippen LogP contribution in [0.5, 0.6) is 5.75 Å². The molecule has 0 bridgehead atoms. The predicted molar refractivity (Wildman–Crippen MR) is 236 cm³/mol. The van der Waals surface area contributed by atoms with Gasteiger partial charge in [0.25, 0.3) is 0 Å². The lowest BCUT2D eigenvalue weighted by molar-refractivity contribution is -0.152. The molecule has 1 amide bonds. The van der Waals surface area contributed by atoms with E-state index in [9.17, 15) is 14.9 Å². The number of nitriles is 1. The van der Waals surface area contributed by atoms with E-state index < -0.39 is 5.97 Å². The summed E-state index contributed by atoms with van der Waals surface area (Å²) in [6.07, 6.45) is 11.1. The zero-order chi connectivity index (χ0) is 42.6. The highest BCUT2D eigenvalue weighted by atomic mass is 16.5. The van der Waals surface area contributed by atoms with Crippen LogP contribution in [0.25, 0.3) is 17.0 Å². The van der Waals surface area contributed by atoms with Gasteiger partial charge in [-0.25, -0.2) is 14.8 Å². The van der Waals surface area contributed by atoms with E-state index in [4.69, 9.17) is 24.5 Å². The summed E-state index contributed by atoms with van der Waals surface area (Å²) in [5.41, 5.74) is 5.27. The van der Waals surface area contributed by atoms with Crippen LogP contribution in [0.3, 0.4) is 0 Å². The zero-order valence-electron chi connectivity index (χ0n) is 37.1. The molecule has 3 heterocycles. The van der Waals surface area contributed by atoms with Crippen molar-refractivity contribution in [2.45, 2.75) is 150 Å². The first-order valence-corrected chi connectivity index (χ1v) is 22.0. The van der Waals surface area contributed by atoms with Gasteiger partial charge in [0.2, 0.25) is 5.91 Å². The van der Waals surface area contributed by atoms with Crippen molar-refractivity contribution < 1.29 is 19.1 Å². The third kappa shape index (κ3) is 9.12. The van der Waals surface area contributed by atoms with E-state index in [1.54, 1.807) is 19.2 Å². The van der Waals surface area contributed by atoms with Crippen molar-refractivity contribution in [2.24, 2.45) is 22.7 Å². The molecular formula is C48H65N7O4. The van der Waals surface area contributed by atoms with Crippen molar-refractivity contribution in [2.75, 3.05) is 24.4 Å². The van der Waals surface area contributed by atoms with Crippen LogP contribution in [0.15, 0.2) is 40.9 Å². The number of ether oxygens (including phenoxy) is 2. The highest BCUT2D eigenvalue weighted by Crippen LogP contribution is 2.46. The van der Waals surface area contributed by atoms with Crippen LogP contribution in [0, 0.1) is 36.0 Å². The number of carbonyl (C=O) groups excluding carboxylic acids is 2. The Balaban J connectivity index is 1.48. The van der Waals surface area contributed by atoms with Crippen LogP contribution >= 0.6 is 0 Å². The Hall–Kier alpha value is -4.98. The van der Waals surface area contributed by atoms with E-state index in [1.807, 2.05) is 19.9 Å². The predicted octanol–water partition coefficient (Wildman–Crippen LogP) is 10.9. The van der Waals surface area contributed by atoms with Gasteiger partial charge >= 0.3 is 5.97 Å². The normalized spacial score (nSPS) is 22.8. The summed E-state index contributed by atoms with van der Waals surface area (Å²) >= 11 is 0. The number of benzene rings is 2. The molecule has 11 nitrogen and oxygen atoms in total. The van der Waals surface area contributed by atoms with E-state index >= 15 is 0 Å². The summed E-state index contributed by atoms with van der Waals surface area (Å²) < 4.78 is 13.8. The Morgan fingerprint density at radius 3 is 2.32 bits per heavy atom. The molecule has 0 radical (unpaired) electrons. The molecule has 6 rings (SSSR count). The number of allylic oxidation sites excluding steroid dienone is 1. The third-order valence-electron chi connectivity index (χ3n) is 12.9. The number of unbranched alkanes of at least 4 members (excludes halogenated alkanes) is 3. The van der Waals surface area contributed by atoms with Gasteiger partial charge in [-0.2, -0.15) is 9.94 Å². The molecule has 1 saturated carbocycles. The second-order valence-corrected chi connectivity index (χ2v) is 18.0. The first-order chi connectivity index (χ1) is 28.2. The summed E-state index contributed by atoms with van der Waals surface area (Å²) in [5.74, 6) is 1.92. The van der Waals surface area contributed by atoms with Gasteiger partial charge in [0, 0.05) is 30.3 Å². The number of hydrogen-bond donors (Lipinski definition) is 1. The van der Waals surface area contributed by atoms with Gasteiger partial charge in [0.05, 0.1) is 18.5 Å². The van der Waals surface area contributed by atoms with E-state index in [0.29, 0.717) is 40.9 Å². The maximum atomic E-state index is 14.8. The minimum atomic E-state index is -0.562. The van der Waals surface area contributed by atoms with Crippen LogP contribution in [0.1, 0.15) is 148 Å². The second-order valence-electron chi connectivity index (χ2n) is 18.0. The van der Waals surface area contributed by atoms with Crippen molar-refractivity contribution >= 4 is 40.3 Å². The number of carbonyl (C=O) groups is 2. The summed E-state index contributed by atoms with van der Waals surface area (Å²) in [6, 6.07) is 12.0.